The Morgan fingerprint density at radius 3 is 2.56 bits per heavy atom. The van der Waals surface area contributed by atoms with Crippen molar-refractivity contribution in [1.82, 2.24) is 14.8 Å². The number of anilines is 1. The van der Waals surface area contributed by atoms with Crippen LogP contribution in [0.5, 0.6) is 0 Å². The van der Waals surface area contributed by atoms with Crippen molar-refractivity contribution in [2.75, 3.05) is 11.4 Å². The minimum Gasteiger partial charge on any atom is -0.339 e. The molecular weight excluding hydrogens is 244 g/mol. The highest BCUT2D eigenvalue weighted by Gasteiger charge is 2.16. The first-order valence-electron chi connectivity index (χ1n) is 6.14. The zero-order valence-corrected chi connectivity index (χ0v) is 11.7. The molecule has 4 nitrogen and oxygen atoms in total. The van der Waals surface area contributed by atoms with E-state index in [1.54, 1.807) is 0 Å². The maximum Gasteiger partial charge on any atom is 0.230 e. The normalized spacial score (nSPS) is 10.9. The van der Waals surface area contributed by atoms with Gasteiger partial charge in [-0.3, -0.25) is 4.57 Å². The molecule has 0 unspecified atom stereocenters. The van der Waals surface area contributed by atoms with Crippen LogP contribution in [0.1, 0.15) is 20.8 Å². The van der Waals surface area contributed by atoms with Crippen LogP contribution in [0.2, 0.25) is 0 Å². The van der Waals surface area contributed by atoms with Gasteiger partial charge in [-0.15, -0.1) is 5.10 Å². The molecular formula is C13H18N4S. The SMILES string of the molecule is CCN(c1n[nH]c(=S)n1-c1ccccc1)C(C)C. The van der Waals surface area contributed by atoms with Gasteiger partial charge in [0, 0.05) is 12.6 Å². The van der Waals surface area contributed by atoms with Crippen molar-refractivity contribution in [3.63, 3.8) is 0 Å². The second-order valence-corrected chi connectivity index (χ2v) is 4.77. The summed E-state index contributed by atoms with van der Waals surface area (Å²) in [7, 11) is 0. The van der Waals surface area contributed by atoms with Crippen molar-refractivity contribution in [2.24, 2.45) is 0 Å². The second-order valence-electron chi connectivity index (χ2n) is 4.38. The summed E-state index contributed by atoms with van der Waals surface area (Å²) >= 11 is 5.33. The molecule has 0 aliphatic carbocycles. The zero-order valence-electron chi connectivity index (χ0n) is 10.9. The molecule has 5 heteroatoms. The van der Waals surface area contributed by atoms with E-state index in [0.717, 1.165) is 18.2 Å². The molecule has 0 amide bonds. The number of aromatic nitrogens is 3. The van der Waals surface area contributed by atoms with E-state index in [4.69, 9.17) is 12.2 Å². The van der Waals surface area contributed by atoms with Gasteiger partial charge >= 0.3 is 0 Å². The molecule has 1 aromatic heterocycles. The first kappa shape index (κ1) is 12.8. The average Bonchev–Trinajstić information content (AvgIpc) is 2.73. The van der Waals surface area contributed by atoms with Crippen LogP contribution in [-0.2, 0) is 0 Å². The van der Waals surface area contributed by atoms with Gasteiger partial charge in [0.2, 0.25) is 10.7 Å². The van der Waals surface area contributed by atoms with Gasteiger partial charge in [0.25, 0.3) is 0 Å². The molecule has 18 heavy (non-hydrogen) atoms. The van der Waals surface area contributed by atoms with Crippen molar-refractivity contribution in [3.05, 3.63) is 35.1 Å². The molecule has 0 saturated carbocycles. The molecule has 0 fully saturated rings. The Kier molecular flexibility index (Phi) is 3.81. The van der Waals surface area contributed by atoms with E-state index >= 15 is 0 Å². The fraction of sp³-hybridized carbons (Fsp3) is 0.385. The Morgan fingerprint density at radius 2 is 2.00 bits per heavy atom. The van der Waals surface area contributed by atoms with Gasteiger partial charge < -0.3 is 4.90 Å². The molecule has 96 valence electrons. The van der Waals surface area contributed by atoms with E-state index in [1.165, 1.54) is 0 Å². The van der Waals surface area contributed by atoms with E-state index in [9.17, 15) is 0 Å². The van der Waals surface area contributed by atoms with Crippen LogP contribution < -0.4 is 4.90 Å². The van der Waals surface area contributed by atoms with Crippen molar-refractivity contribution in [3.8, 4) is 5.69 Å². The van der Waals surface area contributed by atoms with Gasteiger partial charge in [0.05, 0.1) is 5.69 Å². The monoisotopic (exact) mass is 262 g/mol. The Morgan fingerprint density at radius 1 is 1.33 bits per heavy atom. The van der Waals surface area contributed by atoms with Crippen LogP contribution in [0, 0.1) is 4.77 Å². The summed E-state index contributed by atoms with van der Waals surface area (Å²) < 4.78 is 2.59. The van der Waals surface area contributed by atoms with Crippen molar-refractivity contribution >= 4 is 18.2 Å². The summed E-state index contributed by atoms with van der Waals surface area (Å²) in [6, 6.07) is 10.4. The number of aromatic amines is 1. The van der Waals surface area contributed by atoms with E-state index in [0.29, 0.717) is 10.8 Å². The molecule has 2 rings (SSSR count). The second kappa shape index (κ2) is 5.35. The van der Waals surface area contributed by atoms with Crippen molar-refractivity contribution < 1.29 is 0 Å². The number of H-pyrrole nitrogens is 1. The van der Waals surface area contributed by atoms with Crippen molar-refractivity contribution in [1.29, 1.82) is 0 Å². The smallest absolute Gasteiger partial charge is 0.230 e. The lowest BCUT2D eigenvalue weighted by molar-refractivity contribution is 0.673. The summed E-state index contributed by atoms with van der Waals surface area (Å²) in [4.78, 5) is 2.21. The van der Waals surface area contributed by atoms with Gasteiger partial charge in [-0.25, -0.2) is 5.10 Å². The molecule has 0 bridgehead atoms. The topological polar surface area (TPSA) is 36.9 Å². The zero-order chi connectivity index (χ0) is 13.1. The fourth-order valence-electron chi connectivity index (χ4n) is 2.03. The van der Waals surface area contributed by atoms with E-state index < -0.39 is 0 Å². The third kappa shape index (κ3) is 2.31. The minimum absolute atomic E-state index is 0.377. The van der Waals surface area contributed by atoms with E-state index in [1.807, 2.05) is 34.9 Å². The molecule has 0 saturated heterocycles. The molecule has 1 aromatic carbocycles. The van der Waals surface area contributed by atoms with Gasteiger partial charge in [0.15, 0.2) is 0 Å². The molecule has 2 aromatic rings. The van der Waals surface area contributed by atoms with Gasteiger partial charge in [0.1, 0.15) is 0 Å². The molecule has 1 N–H and O–H groups in total. The van der Waals surface area contributed by atoms with Crippen LogP contribution in [0.25, 0.3) is 5.69 Å². The number of hydrogen-bond donors (Lipinski definition) is 1. The largest absolute Gasteiger partial charge is 0.339 e. The first-order chi connectivity index (χ1) is 8.65. The molecule has 0 radical (unpaired) electrons. The van der Waals surface area contributed by atoms with Gasteiger partial charge in [-0.05, 0) is 45.1 Å². The number of hydrogen-bond acceptors (Lipinski definition) is 3. The van der Waals surface area contributed by atoms with Crippen LogP contribution in [0.15, 0.2) is 30.3 Å². The number of para-hydroxylation sites is 1. The van der Waals surface area contributed by atoms with Gasteiger partial charge in [-0.2, -0.15) is 0 Å². The van der Waals surface area contributed by atoms with Crippen LogP contribution in [0.3, 0.4) is 0 Å². The maximum absolute atomic E-state index is 5.33. The molecule has 1 heterocycles. The summed E-state index contributed by atoms with van der Waals surface area (Å²) in [6.45, 7) is 7.31. The Balaban J connectivity index is 2.55. The molecule has 0 atom stereocenters. The standard InChI is InChI=1S/C13H18N4S/c1-4-16(10(2)3)12-14-15-13(18)17(12)11-8-6-5-7-9-11/h5-10H,4H2,1-3H3,(H,15,18). The number of benzene rings is 1. The molecule has 0 aliphatic rings. The average molecular weight is 262 g/mol. The highest BCUT2D eigenvalue weighted by Crippen LogP contribution is 2.19. The predicted molar refractivity (Wildman–Crippen MR) is 76.9 cm³/mol. The highest BCUT2D eigenvalue weighted by molar-refractivity contribution is 7.71. The van der Waals surface area contributed by atoms with Crippen LogP contribution in [0.4, 0.5) is 5.95 Å². The highest BCUT2D eigenvalue weighted by atomic mass is 32.1. The number of nitrogens with one attached hydrogen (secondary N) is 1. The maximum atomic E-state index is 5.33. The van der Waals surface area contributed by atoms with Crippen molar-refractivity contribution in [2.45, 2.75) is 26.8 Å². The van der Waals surface area contributed by atoms with E-state index in [-0.39, 0.29) is 0 Å². The molecule has 0 spiro atoms. The molecule has 0 aliphatic heterocycles. The lowest BCUT2D eigenvalue weighted by atomic mass is 10.3. The third-order valence-electron chi connectivity index (χ3n) is 2.89. The summed E-state index contributed by atoms with van der Waals surface area (Å²) in [5.74, 6) is 0.865. The third-order valence-corrected chi connectivity index (χ3v) is 3.16. The Labute approximate surface area is 112 Å². The van der Waals surface area contributed by atoms with Crippen LogP contribution >= 0.6 is 12.2 Å². The van der Waals surface area contributed by atoms with E-state index in [2.05, 4.69) is 35.9 Å². The fourth-order valence-corrected chi connectivity index (χ4v) is 2.26. The lowest BCUT2D eigenvalue weighted by Crippen LogP contribution is -2.32. The predicted octanol–water partition coefficient (Wildman–Crippen LogP) is 3.16. The lowest BCUT2D eigenvalue weighted by Gasteiger charge is -2.26. The first-order valence-corrected chi connectivity index (χ1v) is 6.55. The number of rotatable bonds is 4. The summed E-state index contributed by atoms with van der Waals surface area (Å²) in [5, 5.41) is 7.24. The Hall–Kier alpha value is -1.62. The summed E-state index contributed by atoms with van der Waals surface area (Å²) in [5.41, 5.74) is 1.03. The number of nitrogens with zero attached hydrogens (tertiary/aromatic N) is 3. The van der Waals surface area contributed by atoms with Crippen LogP contribution in [-0.4, -0.2) is 27.4 Å². The Bertz CT molecular complexity index is 556. The minimum atomic E-state index is 0.377. The van der Waals surface area contributed by atoms with Gasteiger partial charge in [-0.1, -0.05) is 18.2 Å². The summed E-state index contributed by atoms with van der Waals surface area (Å²) in [6.07, 6.45) is 0. The quantitative estimate of drug-likeness (QED) is 0.860.